The quantitative estimate of drug-likeness (QED) is 0.788. The van der Waals surface area contributed by atoms with Crippen molar-refractivity contribution in [1.29, 1.82) is 0 Å². The molecule has 0 saturated carbocycles. The zero-order valence-electron chi connectivity index (χ0n) is 10.2. The average molecular weight is 272 g/mol. The Balaban J connectivity index is 2.26. The fraction of sp³-hybridized carbons (Fsp3) is 0.417. The summed E-state index contributed by atoms with van der Waals surface area (Å²) in [6.45, 7) is 0.442. The first-order valence-electron chi connectivity index (χ1n) is 5.45. The average Bonchev–Trinajstić information content (AvgIpc) is 2.79. The maximum Gasteiger partial charge on any atom is 0.414 e. The number of methoxy groups -OCH3 is 2. The lowest BCUT2D eigenvalue weighted by Gasteiger charge is -2.15. The summed E-state index contributed by atoms with van der Waals surface area (Å²) < 4.78 is 15.4. The Kier molecular flexibility index (Phi) is 3.81. The lowest BCUT2D eigenvalue weighted by atomic mass is 10.2. The summed E-state index contributed by atoms with van der Waals surface area (Å²) >= 11 is 5.68. The van der Waals surface area contributed by atoms with E-state index in [0.717, 1.165) is 0 Å². The van der Waals surface area contributed by atoms with Gasteiger partial charge in [-0.3, -0.25) is 4.90 Å². The molecule has 1 aromatic carbocycles. The monoisotopic (exact) mass is 271 g/mol. The van der Waals surface area contributed by atoms with Gasteiger partial charge in [-0.15, -0.1) is 11.6 Å². The first-order valence-corrected chi connectivity index (χ1v) is 5.99. The van der Waals surface area contributed by atoms with Gasteiger partial charge in [-0.2, -0.15) is 0 Å². The molecule has 2 rings (SSSR count). The zero-order chi connectivity index (χ0) is 13.1. The normalized spacial score (nSPS) is 18.7. The first-order chi connectivity index (χ1) is 8.69. The Bertz CT molecular complexity index is 452. The lowest BCUT2D eigenvalue weighted by Crippen LogP contribution is -2.24. The van der Waals surface area contributed by atoms with E-state index in [-0.39, 0.29) is 12.0 Å². The molecule has 0 N–H and O–H groups in total. The smallest absolute Gasteiger partial charge is 0.414 e. The Morgan fingerprint density at radius 3 is 2.67 bits per heavy atom. The zero-order valence-corrected chi connectivity index (χ0v) is 10.9. The number of halogens is 1. The Morgan fingerprint density at radius 2 is 2.11 bits per heavy atom. The van der Waals surface area contributed by atoms with Crippen LogP contribution in [-0.2, 0) is 4.74 Å². The number of rotatable bonds is 4. The van der Waals surface area contributed by atoms with Gasteiger partial charge in [0.05, 0.1) is 32.3 Å². The molecule has 1 aromatic rings. The van der Waals surface area contributed by atoms with Crippen LogP contribution in [-0.4, -0.2) is 38.8 Å². The molecule has 0 bridgehead atoms. The van der Waals surface area contributed by atoms with Gasteiger partial charge in [-0.05, 0) is 12.1 Å². The van der Waals surface area contributed by atoms with E-state index in [2.05, 4.69) is 0 Å². The second-order valence-corrected chi connectivity index (χ2v) is 4.12. The van der Waals surface area contributed by atoms with Crippen LogP contribution in [0.1, 0.15) is 0 Å². The van der Waals surface area contributed by atoms with Crippen LogP contribution in [0.25, 0.3) is 0 Å². The Labute approximate surface area is 110 Å². The third-order valence-corrected chi connectivity index (χ3v) is 3.07. The van der Waals surface area contributed by atoms with E-state index in [1.807, 2.05) is 0 Å². The molecule has 0 aromatic heterocycles. The van der Waals surface area contributed by atoms with Crippen LogP contribution in [0.4, 0.5) is 10.5 Å². The highest BCUT2D eigenvalue weighted by molar-refractivity contribution is 6.18. The molecule has 1 amide bonds. The van der Waals surface area contributed by atoms with E-state index >= 15 is 0 Å². The van der Waals surface area contributed by atoms with Crippen LogP contribution >= 0.6 is 11.6 Å². The van der Waals surface area contributed by atoms with E-state index in [4.69, 9.17) is 25.8 Å². The van der Waals surface area contributed by atoms with E-state index in [1.165, 1.54) is 4.90 Å². The molecular weight excluding hydrogens is 258 g/mol. The molecule has 5 nitrogen and oxygen atoms in total. The van der Waals surface area contributed by atoms with E-state index in [9.17, 15) is 4.79 Å². The number of hydrogen-bond donors (Lipinski definition) is 0. The lowest BCUT2D eigenvalue weighted by molar-refractivity contribution is 0.151. The number of benzene rings is 1. The molecule has 1 aliphatic heterocycles. The molecule has 98 valence electrons. The molecule has 1 heterocycles. The number of cyclic esters (lactones) is 1. The second kappa shape index (κ2) is 5.35. The van der Waals surface area contributed by atoms with Gasteiger partial charge >= 0.3 is 6.09 Å². The highest BCUT2D eigenvalue weighted by atomic mass is 35.5. The molecule has 0 unspecified atom stereocenters. The van der Waals surface area contributed by atoms with Gasteiger partial charge in [-0.1, -0.05) is 0 Å². The number of anilines is 1. The van der Waals surface area contributed by atoms with Crippen molar-refractivity contribution in [3.8, 4) is 11.5 Å². The summed E-state index contributed by atoms with van der Waals surface area (Å²) in [7, 11) is 3.11. The molecule has 0 radical (unpaired) electrons. The number of ether oxygens (including phenoxy) is 3. The molecule has 1 fully saturated rings. The second-order valence-electron chi connectivity index (χ2n) is 3.81. The standard InChI is InChI=1S/C12H14ClNO4/c1-16-10-4-3-8(5-11(10)17-2)14-7-9(6-13)18-12(14)15/h3-5,9H,6-7H2,1-2H3/t9-/m0/s1. The fourth-order valence-electron chi connectivity index (χ4n) is 1.81. The molecule has 0 spiro atoms. The van der Waals surface area contributed by atoms with Gasteiger partial charge < -0.3 is 14.2 Å². The predicted octanol–water partition coefficient (Wildman–Crippen LogP) is 2.27. The molecule has 1 aliphatic rings. The molecule has 18 heavy (non-hydrogen) atoms. The molecule has 0 aliphatic carbocycles. The summed E-state index contributed by atoms with van der Waals surface area (Å²) in [4.78, 5) is 13.2. The van der Waals surface area contributed by atoms with Crippen molar-refractivity contribution in [2.45, 2.75) is 6.10 Å². The largest absolute Gasteiger partial charge is 0.493 e. The van der Waals surface area contributed by atoms with Crippen LogP contribution in [0, 0.1) is 0 Å². The highest BCUT2D eigenvalue weighted by Gasteiger charge is 2.32. The van der Waals surface area contributed by atoms with E-state index < -0.39 is 6.09 Å². The number of nitrogens with zero attached hydrogens (tertiary/aromatic N) is 1. The predicted molar refractivity (Wildman–Crippen MR) is 67.9 cm³/mol. The van der Waals surface area contributed by atoms with Crippen molar-refractivity contribution >= 4 is 23.4 Å². The van der Waals surface area contributed by atoms with E-state index in [1.54, 1.807) is 32.4 Å². The maximum atomic E-state index is 11.7. The van der Waals surface area contributed by atoms with Crippen LogP contribution in [0.3, 0.4) is 0 Å². The summed E-state index contributed by atoms with van der Waals surface area (Å²) in [6, 6.07) is 5.26. The number of hydrogen-bond acceptors (Lipinski definition) is 4. The van der Waals surface area contributed by atoms with Crippen molar-refractivity contribution in [1.82, 2.24) is 0 Å². The number of carbonyl (C=O) groups excluding carboxylic acids is 1. The number of carbonyl (C=O) groups is 1. The van der Waals surface area contributed by atoms with Crippen molar-refractivity contribution in [2.24, 2.45) is 0 Å². The summed E-state index contributed by atoms with van der Waals surface area (Å²) in [5.41, 5.74) is 0.699. The van der Waals surface area contributed by atoms with Crippen molar-refractivity contribution in [3.63, 3.8) is 0 Å². The van der Waals surface area contributed by atoms with Crippen molar-refractivity contribution in [2.75, 3.05) is 31.5 Å². The van der Waals surface area contributed by atoms with E-state index in [0.29, 0.717) is 23.7 Å². The van der Waals surface area contributed by atoms with Crippen molar-refractivity contribution < 1.29 is 19.0 Å². The van der Waals surface area contributed by atoms with Gasteiger partial charge in [-0.25, -0.2) is 4.79 Å². The topological polar surface area (TPSA) is 48.0 Å². The summed E-state index contributed by atoms with van der Waals surface area (Å²) in [5, 5.41) is 0. The molecule has 1 atom stereocenters. The molecule has 6 heteroatoms. The number of amides is 1. The third kappa shape index (κ3) is 2.31. The van der Waals surface area contributed by atoms with Crippen LogP contribution in [0.15, 0.2) is 18.2 Å². The third-order valence-electron chi connectivity index (χ3n) is 2.72. The summed E-state index contributed by atoms with van der Waals surface area (Å²) in [5.74, 6) is 1.47. The Morgan fingerprint density at radius 1 is 1.39 bits per heavy atom. The van der Waals surface area contributed by atoms with Gasteiger partial charge in [0.2, 0.25) is 0 Å². The highest BCUT2D eigenvalue weighted by Crippen LogP contribution is 2.33. The van der Waals surface area contributed by atoms with Crippen LogP contribution < -0.4 is 14.4 Å². The molecule has 1 saturated heterocycles. The minimum absolute atomic E-state index is 0.271. The van der Waals surface area contributed by atoms with Crippen molar-refractivity contribution in [3.05, 3.63) is 18.2 Å². The minimum atomic E-state index is -0.395. The maximum absolute atomic E-state index is 11.7. The molecular formula is C12H14ClNO4. The summed E-state index contributed by atoms with van der Waals surface area (Å²) in [6.07, 6.45) is -0.667. The van der Waals surface area contributed by atoms with Gasteiger partial charge in [0, 0.05) is 6.07 Å². The SMILES string of the molecule is COc1ccc(N2C[C@H](CCl)OC2=O)cc1OC. The fourth-order valence-corrected chi connectivity index (χ4v) is 1.97. The Hall–Kier alpha value is -1.62. The number of alkyl halides is 1. The van der Waals surface area contributed by atoms with Crippen LogP contribution in [0.2, 0.25) is 0 Å². The van der Waals surface area contributed by atoms with Gasteiger partial charge in [0.15, 0.2) is 11.5 Å². The van der Waals surface area contributed by atoms with Gasteiger partial charge in [0.25, 0.3) is 0 Å². The van der Waals surface area contributed by atoms with Crippen LogP contribution in [0.5, 0.6) is 11.5 Å². The first kappa shape index (κ1) is 12.8. The minimum Gasteiger partial charge on any atom is -0.493 e. The van der Waals surface area contributed by atoms with Gasteiger partial charge in [0.1, 0.15) is 6.10 Å².